The highest BCUT2D eigenvalue weighted by Gasteiger charge is 2.18. The molecular formula is C24H19N3O3S. The summed E-state index contributed by atoms with van der Waals surface area (Å²) < 4.78 is 30.0. The number of pyridine rings is 2. The molecule has 1 N–H and O–H groups in total. The Labute approximate surface area is 179 Å². The highest BCUT2D eigenvalue weighted by molar-refractivity contribution is 7.90. The first-order valence-corrected chi connectivity index (χ1v) is 11.5. The summed E-state index contributed by atoms with van der Waals surface area (Å²) in [6.45, 7) is 0. The predicted octanol–water partition coefficient (Wildman–Crippen LogP) is 4.86. The SMILES string of the molecule is COc1ccc2[nH]c3cnc(-c4cccnc4)cc3c2c1-c1cccc(S(C)(=O)=O)c1. The van der Waals surface area contributed by atoms with Gasteiger partial charge in [-0.25, -0.2) is 8.42 Å². The molecule has 31 heavy (non-hydrogen) atoms. The summed E-state index contributed by atoms with van der Waals surface area (Å²) in [5, 5.41) is 1.93. The van der Waals surface area contributed by atoms with Crippen LogP contribution < -0.4 is 4.74 Å². The van der Waals surface area contributed by atoms with E-state index in [-0.39, 0.29) is 4.90 Å². The van der Waals surface area contributed by atoms with Gasteiger partial charge in [0.1, 0.15) is 5.75 Å². The van der Waals surface area contributed by atoms with Gasteiger partial charge in [0, 0.05) is 46.1 Å². The molecule has 0 saturated heterocycles. The zero-order chi connectivity index (χ0) is 21.6. The largest absolute Gasteiger partial charge is 0.496 e. The lowest BCUT2D eigenvalue weighted by molar-refractivity contribution is 0.417. The fraction of sp³-hybridized carbons (Fsp3) is 0.0833. The number of nitrogens with one attached hydrogen (secondary N) is 1. The van der Waals surface area contributed by atoms with Crippen LogP contribution in [0, 0.1) is 0 Å². The van der Waals surface area contributed by atoms with Gasteiger partial charge in [0.25, 0.3) is 0 Å². The van der Waals surface area contributed by atoms with E-state index in [1.54, 1.807) is 43.9 Å². The van der Waals surface area contributed by atoms with Crippen LogP contribution in [0.5, 0.6) is 5.75 Å². The van der Waals surface area contributed by atoms with Gasteiger partial charge >= 0.3 is 0 Å². The monoisotopic (exact) mass is 429 g/mol. The van der Waals surface area contributed by atoms with Crippen LogP contribution in [0.4, 0.5) is 0 Å². The lowest BCUT2D eigenvalue weighted by atomic mass is 9.98. The number of nitrogens with zero attached hydrogens (tertiary/aromatic N) is 2. The lowest BCUT2D eigenvalue weighted by Gasteiger charge is -2.12. The Hall–Kier alpha value is -3.71. The van der Waals surface area contributed by atoms with Crippen molar-refractivity contribution in [3.63, 3.8) is 0 Å². The smallest absolute Gasteiger partial charge is 0.175 e. The number of hydrogen-bond acceptors (Lipinski definition) is 5. The third-order valence-electron chi connectivity index (χ3n) is 5.34. The molecule has 6 nitrogen and oxygen atoms in total. The molecule has 0 aliphatic rings. The minimum absolute atomic E-state index is 0.265. The van der Waals surface area contributed by atoms with Gasteiger partial charge < -0.3 is 9.72 Å². The van der Waals surface area contributed by atoms with E-state index in [0.717, 1.165) is 44.2 Å². The molecule has 0 unspecified atom stereocenters. The predicted molar refractivity (Wildman–Crippen MR) is 122 cm³/mol. The fourth-order valence-electron chi connectivity index (χ4n) is 3.89. The standard InChI is InChI=1S/C24H19N3O3S/c1-30-22-9-8-19-24(23(22)15-5-3-7-17(11-15)31(2,28)29)18-12-20(26-14-21(18)27-19)16-6-4-10-25-13-16/h3-14,27H,1-2H3. The molecule has 5 aromatic rings. The van der Waals surface area contributed by atoms with Crippen LogP contribution >= 0.6 is 0 Å². The number of H-pyrrole nitrogens is 1. The van der Waals surface area contributed by atoms with E-state index in [1.807, 2.05) is 36.4 Å². The molecule has 7 heteroatoms. The lowest BCUT2D eigenvalue weighted by Crippen LogP contribution is -1.97. The molecule has 0 fully saturated rings. The summed E-state index contributed by atoms with van der Waals surface area (Å²) in [6.07, 6.45) is 6.52. The summed E-state index contributed by atoms with van der Waals surface area (Å²) in [5.74, 6) is 0.666. The molecular weight excluding hydrogens is 410 g/mol. The van der Waals surface area contributed by atoms with Crippen LogP contribution in [0.1, 0.15) is 0 Å². The first kappa shape index (κ1) is 19.3. The first-order valence-electron chi connectivity index (χ1n) is 9.65. The number of rotatable bonds is 4. The summed E-state index contributed by atoms with van der Waals surface area (Å²) in [6, 6.07) is 16.6. The molecule has 2 aromatic carbocycles. The number of hydrogen-bond donors (Lipinski definition) is 1. The molecule has 0 spiro atoms. The van der Waals surface area contributed by atoms with E-state index in [2.05, 4.69) is 15.0 Å². The molecule has 3 heterocycles. The second-order valence-electron chi connectivity index (χ2n) is 7.35. The van der Waals surface area contributed by atoms with Gasteiger partial charge in [0.15, 0.2) is 9.84 Å². The van der Waals surface area contributed by atoms with Crippen molar-refractivity contribution in [2.45, 2.75) is 4.90 Å². The number of fused-ring (bicyclic) bond motifs is 3. The van der Waals surface area contributed by atoms with Gasteiger partial charge in [-0.1, -0.05) is 12.1 Å². The van der Waals surface area contributed by atoms with Gasteiger partial charge in [-0.15, -0.1) is 0 Å². The molecule has 3 aromatic heterocycles. The van der Waals surface area contributed by atoms with Crippen LogP contribution in [0.25, 0.3) is 44.2 Å². The maximum atomic E-state index is 12.1. The van der Waals surface area contributed by atoms with Crippen molar-refractivity contribution in [2.75, 3.05) is 13.4 Å². The number of aromatic amines is 1. The van der Waals surface area contributed by atoms with E-state index < -0.39 is 9.84 Å². The second-order valence-corrected chi connectivity index (χ2v) is 9.36. The maximum Gasteiger partial charge on any atom is 0.175 e. The highest BCUT2D eigenvalue weighted by Crippen LogP contribution is 2.41. The normalized spacial score (nSPS) is 11.8. The molecule has 0 aliphatic heterocycles. The van der Waals surface area contributed by atoms with Gasteiger partial charge in [-0.2, -0.15) is 0 Å². The Bertz CT molecular complexity index is 1540. The molecule has 154 valence electrons. The van der Waals surface area contributed by atoms with Crippen LogP contribution in [0.2, 0.25) is 0 Å². The molecule has 0 radical (unpaired) electrons. The summed E-state index contributed by atoms with van der Waals surface area (Å²) >= 11 is 0. The zero-order valence-electron chi connectivity index (χ0n) is 17.0. The van der Waals surface area contributed by atoms with Gasteiger partial charge in [0.05, 0.1) is 29.4 Å². The van der Waals surface area contributed by atoms with Crippen molar-refractivity contribution in [1.82, 2.24) is 15.0 Å². The Balaban J connectivity index is 1.85. The number of methoxy groups -OCH3 is 1. The van der Waals surface area contributed by atoms with Crippen LogP contribution in [0.15, 0.2) is 78.1 Å². The van der Waals surface area contributed by atoms with Crippen LogP contribution in [0.3, 0.4) is 0 Å². The highest BCUT2D eigenvalue weighted by atomic mass is 32.2. The Morgan fingerprint density at radius 1 is 0.935 bits per heavy atom. The van der Waals surface area contributed by atoms with Crippen molar-refractivity contribution in [3.8, 4) is 28.1 Å². The topological polar surface area (TPSA) is 84.9 Å². The van der Waals surface area contributed by atoms with E-state index in [1.165, 1.54) is 6.26 Å². The van der Waals surface area contributed by atoms with Crippen molar-refractivity contribution in [2.24, 2.45) is 0 Å². The van der Waals surface area contributed by atoms with Crippen LogP contribution in [-0.2, 0) is 9.84 Å². The third-order valence-corrected chi connectivity index (χ3v) is 6.45. The van der Waals surface area contributed by atoms with Crippen molar-refractivity contribution >= 4 is 31.6 Å². The number of aromatic nitrogens is 3. The van der Waals surface area contributed by atoms with Gasteiger partial charge in [0.2, 0.25) is 0 Å². The van der Waals surface area contributed by atoms with E-state index in [4.69, 9.17) is 4.74 Å². The average Bonchev–Trinajstić information content (AvgIpc) is 3.16. The Kier molecular flexibility index (Phi) is 4.48. The summed E-state index contributed by atoms with van der Waals surface area (Å²) in [5.41, 5.74) is 5.13. The first-order chi connectivity index (χ1) is 15.0. The molecule has 0 bridgehead atoms. The minimum atomic E-state index is -3.34. The van der Waals surface area contributed by atoms with Gasteiger partial charge in [-0.3, -0.25) is 9.97 Å². The number of benzene rings is 2. The second kappa shape index (κ2) is 7.21. The van der Waals surface area contributed by atoms with E-state index >= 15 is 0 Å². The summed E-state index contributed by atoms with van der Waals surface area (Å²) in [4.78, 5) is 12.5. The van der Waals surface area contributed by atoms with Gasteiger partial charge in [-0.05, 0) is 48.0 Å². The maximum absolute atomic E-state index is 12.1. The van der Waals surface area contributed by atoms with E-state index in [9.17, 15) is 8.42 Å². The molecule has 0 saturated carbocycles. The fourth-order valence-corrected chi connectivity index (χ4v) is 4.55. The third kappa shape index (κ3) is 3.33. The quantitative estimate of drug-likeness (QED) is 0.441. The number of sulfone groups is 1. The van der Waals surface area contributed by atoms with Crippen LogP contribution in [-0.4, -0.2) is 36.7 Å². The minimum Gasteiger partial charge on any atom is -0.496 e. The average molecular weight is 430 g/mol. The number of ether oxygens (including phenoxy) is 1. The molecule has 0 amide bonds. The zero-order valence-corrected chi connectivity index (χ0v) is 17.8. The summed E-state index contributed by atoms with van der Waals surface area (Å²) in [7, 11) is -1.73. The molecule has 0 aliphatic carbocycles. The van der Waals surface area contributed by atoms with Crippen molar-refractivity contribution in [1.29, 1.82) is 0 Å². The van der Waals surface area contributed by atoms with E-state index in [0.29, 0.717) is 5.75 Å². The van der Waals surface area contributed by atoms with Crippen molar-refractivity contribution < 1.29 is 13.2 Å². The molecule has 0 atom stereocenters. The Morgan fingerprint density at radius 3 is 2.52 bits per heavy atom. The van der Waals surface area contributed by atoms with Crippen molar-refractivity contribution in [3.05, 3.63) is 73.2 Å². The molecule has 5 rings (SSSR count). The Morgan fingerprint density at radius 2 is 1.77 bits per heavy atom.